The lowest BCUT2D eigenvalue weighted by molar-refractivity contribution is 0.336. The van der Waals surface area contributed by atoms with E-state index < -0.39 is 0 Å². The Labute approximate surface area is 162 Å². The second-order valence-corrected chi connectivity index (χ2v) is 7.28. The molecule has 3 aromatic rings. The molecule has 2 aromatic carbocycles. The van der Waals surface area contributed by atoms with Crippen LogP contribution in [0.2, 0.25) is 5.02 Å². The topological polar surface area (TPSA) is 35.4 Å². The number of fused-ring (bicyclic) bond motifs is 3. The number of benzene rings is 2. The molecular weight excluding hydrogens is 367 g/mol. The Morgan fingerprint density at radius 3 is 2.78 bits per heavy atom. The van der Waals surface area contributed by atoms with Crippen LogP contribution in [0.1, 0.15) is 28.4 Å². The van der Waals surface area contributed by atoms with Crippen molar-refractivity contribution in [1.29, 1.82) is 0 Å². The van der Waals surface area contributed by atoms with Gasteiger partial charge in [-0.25, -0.2) is 0 Å². The fourth-order valence-corrected chi connectivity index (χ4v) is 4.31. The van der Waals surface area contributed by atoms with Crippen LogP contribution in [0.4, 0.5) is 4.48 Å². The highest BCUT2D eigenvalue weighted by Gasteiger charge is 2.29. The minimum atomic E-state index is -0.165. The van der Waals surface area contributed by atoms with E-state index in [4.69, 9.17) is 21.1 Å². The molecule has 142 valence electrons. The average Bonchev–Trinajstić information content (AvgIpc) is 2.96. The first-order chi connectivity index (χ1) is 13.0. The van der Waals surface area contributed by atoms with Crippen molar-refractivity contribution in [2.24, 2.45) is 0 Å². The maximum absolute atomic E-state index is 15.2. The van der Waals surface area contributed by atoms with Gasteiger partial charge in [-0.1, -0.05) is 33.8 Å². The number of methoxy groups -OCH3 is 2. The molecule has 1 aromatic heterocycles. The van der Waals surface area contributed by atoms with Crippen molar-refractivity contribution in [2.75, 3.05) is 20.8 Å². The average molecular weight is 389 g/mol. The minimum absolute atomic E-state index is 0.165. The zero-order chi connectivity index (χ0) is 19.1. The third kappa shape index (κ3) is 2.95. The van der Waals surface area contributed by atoms with E-state index in [9.17, 15) is 0 Å². The van der Waals surface area contributed by atoms with Gasteiger partial charge in [-0.05, 0) is 55.6 Å². The summed E-state index contributed by atoms with van der Waals surface area (Å²) in [6.45, 7) is 2.83. The number of nitrogens with one attached hydrogen (secondary N) is 1. The molecule has 6 heteroatoms. The van der Waals surface area contributed by atoms with Gasteiger partial charge in [0.05, 0.1) is 36.5 Å². The molecule has 1 atom stereocenters. The van der Waals surface area contributed by atoms with Crippen molar-refractivity contribution in [2.45, 2.75) is 25.8 Å². The molecule has 0 spiro atoms. The summed E-state index contributed by atoms with van der Waals surface area (Å²) in [7, 11) is 3.14. The highest BCUT2D eigenvalue weighted by atomic mass is 35.5. The van der Waals surface area contributed by atoms with Gasteiger partial charge >= 0.3 is 0 Å². The zero-order valence-corrected chi connectivity index (χ0v) is 16.4. The standard InChI is InChI=1S/C21H22ClFN2O2/c1-12-4-6-17-15(10-12)14-8-9-24-16(20(14)25(17)23)11-13-5-7-18(26-2)21(27-3)19(13)22/h4-7,10,16,24H,8-9,11H2,1-3H3/t16-/m1/s1. The molecule has 0 saturated heterocycles. The molecule has 0 unspecified atom stereocenters. The SMILES string of the molecule is COc1ccc(C[C@H]2NCCc3c2n(F)c2ccc(C)cc32)c(Cl)c1OC. The molecule has 27 heavy (non-hydrogen) atoms. The Hall–Kier alpha value is -2.24. The molecule has 4 nitrogen and oxygen atoms in total. The summed E-state index contributed by atoms with van der Waals surface area (Å²) >= 11 is 6.55. The minimum Gasteiger partial charge on any atom is -0.493 e. The van der Waals surface area contributed by atoms with Crippen LogP contribution in [0.15, 0.2) is 30.3 Å². The number of rotatable bonds is 4. The number of aryl methyl sites for hydroxylation is 1. The van der Waals surface area contributed by atoms with Crippen LogP contribution >= 0.6 is 11.6 Å². The number of aromatic nitrogens is 1. The van der Waals surface area contributed by atoms with E-state index >= 15 is 4.48 Å². The monoisotopic (exact) mass is 388 g/mol. The smallest absolute Gasteiger partial charge is 0.179 e. The van der Waals surface area contributed by atoms with Crippen LogP contribution in [-0.2, 0) is 12.8 Å². The van der Waals surface area contributed by atoms with E-state index in [1.165, 1.54) is 0 Å². The molecule has 0 radical (unpaired) electrons. The Bertz CT molecular complexity index is 1020. The second-order valence-electron chi connectivity index (χ2n) is 6.90. The lowest BCUT2D eigenvalue weighted by Gasteiger charge is -2.25. The fourth-order valence-electron chi connectivity index (χ4n) is 4.00. The number of hydrogen-bond acceptors (Lipinski definition) is 3. The lowest BCUT2D eigenvalue weighted by Crippen LogP contribution is -2.32. The maximum Gasteiger partial charge on any atom is 0.179 e. The van der Waals surface area contributed by atoms with Gasteiger partial charge in [0.2, 0.25) is 0 Å². The quantitative estimate of drug-likeness (QED) is 0.698. The summed E-state index contributed by atoms with van der Waals surface area (Å²) in [6, 6.07) is 9.44. The van der Waals surface area contributed by atoms with Crippen molar-refractivity contribution in [3.63, 3.8) is 0 Å². The van der Waals surface area contributed by atoms with Gasteiger partial charge in [-0.2, -0.15) is 4.79 Å². The van der Waals surface area contributed by atoms with E-state index in [-0.39, 0.29) is 6.04 Å². The van der Waals surface area contributed by atoms with Gasteiger partial charge in [0.25, 0.3) is 0 Å². The van der Waals surface area contributed by atoms with Crippen LogP contribution in [0.25, 0.3) is 10.9 Å². The van der Waals surface area contributed by atoms with Crippen LogP contribution in [-0.4, -0.2) is 25.6 Å². The maximum atomic E-state index is 15.2. The first-order valence-electron chi connectivity index (χ1n) is 8.97. The first-order valence-corrected chi connectivity index (χ1v) is 9.35. The van der Waals surface area contributed by atoms with E-state index in [1.54, 1.807) is 14.2 Å². The van der Waals surface area contributed by atoms with Gasteiger partial charge in [0.15, 0.2) is 11.5 Å². The second kappa shape index (κ2) is 7.06. The predicted octanol–water partition coefficient (Wildman–Crippen LogP) is 4.78. The molecule has 1 aliphatic heterocycles. The Morgan fingerprint density at radius 1 is 1.22 bits per heavy atom. The van der Waals surface area contributed by atoms with Crippen molar-refractivity contribution < 1.29 is 14.0 Å². The summed E-state index contributed by atoms with van der Waals surface area (Å²) in [4.78, 5) is 0.829. The summed E-state index contributed by atoms with van der Waals surface area (Å²) in [5, 5.41) is 4.94. The number of hydrogen-bond donors (Lipinski definition) is 1. The van der Waals surface area contributed by atoms with Gasteiger partial charge in [0.1, 0.15) is 0 Å². The third-order valence-corrected chi connectivity index (χ3v) is 5.71. The molecule has 1 aliphatic rings. The summed E-state index contributed by atoms with van der Waals surface area (Å²) in [5.74, 6) is 1.09. The van der Waals surface area contributed by atoms with Crippen LogP contribution in [0, 0.1) is 6.92 Å². The van der Waals surface area contributed by atoms with Gasteiger partial charge in [-0.3, -0.25) is 0 Å². The Morgan fingerprint density at radius 2 is 2.04 bits per heavy atom. The Kier molecular flexibility index (Phi) is 4.74. The van der Waals surface area contributed by atoms with Crippen LogP contribution in [0.5, 0.6) is 11.5 Å². The predicted molar refractivity (Wildman–Crippen MR) is 106 cm³/mol. The third-order valence-electron chi connectivity index (χ3n) is 5.29. The van der Waals surface area contributed by atoms with E-state index in [2.05, 4.69) is 11.4 Å². The molecule has 1 N–H and O–H groups in total. The largest absolute Gasteiger partial charge is 0.493 e. The molecule has 2 heterocycles. The number of nitrogens with zero attached hydrogens (tertiary/aromatic N) is 1. The molecular formula is C21H22ClFN2O2. The molecule has 0 saturated carbocycles. The molecule has 0 fully saturated rings. The molecule has 0 bridgehead atoms. The first kappa shape index (κ1) is 18.1. The fraction of sp³-hybridized carbons (Fsp3) is 0.333. The van der Waals surface area contributed by atoms with Crippen molar-refractivity contribution in [1.82, 2.24) is 10.1 Å². The van der Waals surface area contributed by atoms with Crippen LogP contribution < -0.4 is 14.8 Å². The van der Waals surface area contributed by atoms with E-state index in [0.29, 0.717) is 34.2 Å². The highest BCUT2D eigenvalue weighted by molar-refractivity contribution is 6.33. The summed E-state index contributed by atoms with van der Waals surface area (Å²) in [6.07, 6.45) is 1.37. The normalized spacial score (nSPS) is 16.4. The molecule has 0 amide bonds. The van der Waals surface area contributed by atoms with Crippen molar-refractivity contribution >= 4 is 22.5 Å². The van der Waals surface area contributed by atoms with Gasteiger partial charge in [-0.15, -0.1) is 0 Å². The highest BCUT2D eigenvalue weighted by Crippen LogP contribution is 2.40. The van der Waals surface area contributed by atoms with Gasteiger partial charge in [0, 0.05) is 5.39 Å². The van der Waals surface area contributed by atoms with Crippen molar-refractivity contribution in [3.05, 3.63) is 57.7 Å². The van der Waals surface area contributed by atoms with E-state index in [0.717, 1.165) is 39.8 Å². The zero-order valence-electron chi connectivity index (χ0n) is 15.6. The molecule has 0 aliphatic carbocycles. The number of halogens is 2. The van der Waals surface area contributed by atoms with Gasteiger partial charge < -0.3 is 14.8 Å². The van der Waals surface area contributed by atoms with Crippen LogP contribution in [0.3, 0.4) is 0 Å². The molecule has 4 rings (SSSR count). The Balaban J connectivity index is 1.77. The van der Waals surface area contributed by atoms with Crippen molar-refractivity contribution in [3.8, 4) is 11.5 Å². The summed E-state index contributed by atoms with van der Waals surface area (Å²) < 4.78 is 25.9. The van der Waals surface area contributed by atoms with E-state index in [1.807, 2.05) is 31.2 Å². The summed E-state index contributed by atoms with van der Waals surface area (Å²) in [5.41, 5.74) is 4.41. The number of ether oxygens (including phenoxy) is 2. The lowest BCUT2D eigenvalue weighted by atomic mass is 9.94.